The smallest absolute Gasteiger partial charge is 0.340 e. The fourth-order valence-electron chi connectivity index (χ4n) is 1.09. The Morgan fingerprint density at radius 2 is 2.12 bits per heavy atom. The third-order valence-corrected chi connectivity index (χ3v) is 2.49. The summed E-state index contributed by atoms with van der Waals surface area (Å²) in [5, 5.41) is 0. The molecule has 1 amide bonds. The average Bonchev–Trinajstić information content (AvgIpc) is 2.25. The minimum atomic E-state index is -4.26. The van der Waals surface area contributed by atoms with E-state index in [1.807, 2.05) is 0 Å². The monoisotopic (exact) mass is 310 g/mol. The summed E-state index contributed by atoms with van der Waals surface area (Å²) in [7, 11) is 1.32. The van der Waals surface area contributed by atoms with E-state index in [9.17, 15) is 18.0 Å². The average molecular weight is 311 g/mol. The maximum Gasteiger partial charge on any atom is 0.390 e. The van der Waals surface area contributed by atoms with Crippen molar-refractivity contribution in [2.45, 2.75) is 12.6 Å². The van der Waals surface area contributed by atoms with Crippen LogP contribution in [0.4, 0.5) is 13.2 Å². The van der Waals surface area contributed by atoms with Crippen molar-refractivity contribution < 1.29 is 18.0 Å². The summed E-state index contributed by atoms with van der Waals surface area (Å²) in [5.74, 6) is -0.526. The maximum atomic E-state index is 12.0. The largest absolute Gasteiger partial charge is 0.390 e. The first-order valence-electron chi connectivity index (χ1n) is 4.73. The van der Waals surface area contributed by atoms with E-state index in [4.69, 9.17) is 0 Å². The SMILES string of the molecule is CN(CCC(F)(F)F)C(=O)c1ccc(Br)cn1. The van der Waals surface area contributed by atoms with Gasteiger partial charge in [-0.25, -0.2) is 4.98 Å². The van der Waals surface area contributed by atoms with Gasteiger partial charge in [-0.2, -0.15) is 13.2 Å². The molecule has 94 valence electrons. The highest BCUT2D eigenvalue weighted by Gasteiger charge is 2.28. The molecule has 0 saturated heterocycles. The molecule has 3 nitrogen and oxygen atoms in total. The standard InChI is InChI=1S/C10H10BrF3N2O/c1-16(5-4-10(12,13)14)9(17)8-3-2-7(11)6-15-8/h2-3,6H,4-5H2,1H3. The van der Waals surface area contributed by atoms with Gasteiger partial charge in [0.25, 0.3) is 5.91 Å². The van der Waals surface area contributed by atoms with Crippen LogP contribution in [0.5, 0.6) is 0 Å². The van der Waals surface area contributed by atoms with Gasteiger partial charge >= 0.3 is 6.18 Å². The zero-order valence-electron chi connectivity index (χ0n) is 8.96. The Morgan fingerprint density at radius 1 is 1.47 bits per heavy atom. The molecule has 0 aliphatic rings. The molecule has 0 aliphatic carbocycles. The Labute approximate surface area is 105 Å². The van der Waals surface area contributed by atoms with E-state index < -0.39 is 18.5 Å². The number of aromatic nitrogens is 1. The Kier molecular flexibility index (Phi) is 4.50. The van der Waals surface area contributed by atoms with Crippen LogP contribution in [0.1, 0.15) is 16.9 Å². The summed E-state index contributed by atoms with van der Waals surface area (Å²) in [5.41, 5.74) is 0.123. The van der Waals surface area contributed by atoms with Crippen molar-refractivity contribution in [1.29, 1.82) is 0 Å². The Hall–Kier alpha value is -1.11. The quantitative estimate of drug-likeness (QED) is 0.860. The molecular formula is C10H10BrF3N2O. The van der Waals surface area contributed by atoms with Crippen LogP contribution in [-0.4, -0.2) is 35.6 Å². The Bertz CT molecular complexity index is 392. The third-order valence-electron chi connectivity index (χ3n) is 2.02. The van der Waals surface area contributed by atoms with Crippen molar-refractivity contribution in [3.05, 3.63) is 28.5 Å². The zero-order chi connectivity index (χ0) is 13.1. The van der Waals surface area contributed by atoms with Crippen molar-refractivity contribution in [2.75, 3.05) is 13.6 Å². The number of amides is 1. The van der Waals surface area contributed by atoms with Crippen molar-refractivity contribution in [3.63, 3.8) is 0 Å². The number of halogens is 4. The Balaban J connectivity index is 2.61. The molecule has 1 heterocycles. The van der Waals surface area contributed by atoms with E-state index in [1.54, 1.807) is 6.07 Å². The number of hydrogen-bond donors (Lipinski definition) is 0. The van der Waals surface area contributed by atoms with Gasteiger partial charge in [-0.15, -0.1) is 0 Å². The van der Waals surface area contributed by atoms with Crippen molar-refractivity contribution in [3.8, 4) is 0 Å². The molecule has 0 bridgehead atoms. The second kappa shape index (κ2) is 5.48. The van der Waals surface area contributed by atoms with Gasteiger partial charge in [-0.1, -0.05) is 0 Å². The van der Waals surface area contributed by atoms with Gasteiger partial charge < -0.3 is 4.90 Å². The fraction of sp³-hybridized carbons (Fsp3) is 0.400. The molecule has 0 atom stereocenters. The minimum Gasteiger partial charge on any atom is -0.340 e. The first-order valence-corrected chi connectivity index (χ1v) is 5.52. The van der Waals surface area contributed by atoms with Crippen molar-refractivity contribution in [2.24, 2.45) is 0 Å². The molecule has 1 rings (SSSR count). The van der Waals surface area contributed by atoms with Gasteiger partial charge in [0, 0.05) is 24.3 Å². The van der Waals surface area contributed by atoms with E-state index in [0.717, 1.165) is 4.90 Å². The summed E-state index contributed by atoms with van der Waals surface area (Å²) in [6, 6.07) is 3.06. The van der Waals surface area contributed by atoms with Crippen molar-refractivity contribution >= 4 is 21.8 Å². The van der Waals surface area contributed by atoms with Crippen molar-refractivity contribution in [1.82, 2.24) is 9.88 Å². The molecule has 0 spiro atoms. The molecule has 0 aromatic carbocycles. The van der Waals surface area contributed by atoms with E-state index in [-0.39, 0.29) is 12.2 Å². The predicted octanol–water partition coefficient (Wildman–Crippen LogP) is 2.87. The molecule has 0 aliphatic heterocycles. The predicted molar refractivity (Wildman–Crippen MR) is 59.6 cm³/mol. The highest BCUT2D eigenvalue weighted by molar-refractivity contribution is 9.10. The van der Waals surface area contributed by atoms with Crippen LogP contribution in [0.3, 0.4) is 0 Å². The third kappa shape index (κ3) is 4.72. The van der Waals surface area contributed by atoms with Crippen LogP contribution in [0.2, 0.25) is 0 Å². The number of rotatable bonds is 3. The lowest BCUT2D eigenvalue weighted by molar-refractivity contribution is -0.136. The van der Waals surface area contributed by atoms with E-state index in [1.165, 1.54) is 19.3 Å². The van der Waals surface area contributed by atoms with Gasteiger partial charge in [-0.05, 0) is 28.1 Å². The van der Waals surface area contributed by atoms with Crippen LogP contribution in [0, 0.1) is 0 Å². The summed E-state index contributed by atoms with van der Waals surface area (Å²) in [4.78, 5) is 16.5. The van der Waals surface area contributed by atoms with Gasteiger partial charge in [-0.3, -0.25) is 4.79 Å². The number of carbonyl (C=O) groups is 1. The first kappa shape index (κ1) is 14.0. The number of alkyl halides is 3. The van der Waals surface area contributed by atoms with Crippen LogP contribution in [-0.2, 0) is 0 Å². The number of nitrogens with zero attached hydrogens (tertiary/aromatic N) is 2. The molecule has 1 aromatic rings. The maximum absolute atomic E-state index is 12.0. The van der Waals surface area contributed by atoms with Gasteiger partial charge in [0.1, 0.15) is 5.69 Å². The molecule has 0 saturated carbocycles. The van der Waals surface area contributed by atoms with Crippen LogP contribution < -0.4 is 0 Å². The zero-order valence-corrected chi connectivity index (χ0v) is 10.5. The van der Waals surface area contributed by atoms with Gasteiger partial charge in [0.2, 0.25) is 0 Å². The summed E-state index contributed by atoms with van der Waals surface area (Å²) < 4.78 is 36.6. The topological polar surface area (TPSA) is 33.2 Å². The molecule has 0 unspecified atom stereocenters. The summed E-state index contributed by atoms with van der Waals surface area (Å²) in [6.07, 6.45) is -3.86. The molecular weight excluding hydrogens is 301 g/mol. The summed E-state index contributed by atoms with van der Waals surface area (Å²) in [6.45, 7) is -0.375. The second-order valence-electron chi connectivity index (χ2n) is 3.45. The molecule has 17 heavy (non-hydrogen) atoms. The first-order chi connectivity index (χ1) is 7.79. The van der Waals surface area contributed by atoms with Crippen LogP contribution in [0.15, 0.2) is 22.8 Å². The molecule has 0 fully saturated rings. The fourth-order valence-corrected chi connectivity index (χ4v) is 1.33. The van der Waals surface area contributed by atoms with Crippen LogP contribution >= 0.6 is 15.9 Å². The Morgan fingerprint density at radius 3 is 2.59 bits per heavy atom. The van der Waals surface area contributed by atoms with E-state index in [0.29, 0.717) is 4.47 Å². The number of pyridine rings is 1. The minimum absolute atomic E-state index is 0.123. The van der Waals surface area contributed by atoms with Gasteiger partial charge in [0.15, 0.2) is 0 Å². The second-order valence-corrected chi connectivity index (χ2v) is 4.37. The molecule has 7 heteroatoms. The highest BCUT2D eigenvalue weighted by Crippen LogP contribution is 2.19. The lowest BCUT2D eigenvalue weighted by atomic mass is 10.3. The van der Waals surface area contributed by atoms with Crippen LogP contribution in [0.25, 0.3) is 0 Å². The highest BCUT2D eigenvalue weighted by atomic mass is 79.9. The lowest BCUT2D eigenvalue weighted by Crippen LogP contribution is -2.31. The number of hydrogen-bond acceptors (Lipinski definition) is 2. The number of carbonyl (C=O) groups excluding carboxylic acids is 1. The lowest BCUT2D eigenvalue weighted by Gasteiger charge is -2.17. The van der Waals surface area contributed by atoms with E-state index in [2.05, 4.69) is 20.9 Å². The molecule has 0 N–H and O–H groups in total. The summed E-state index contributed by atoms with van der Waals surface area (Å²) >= 11 is 3.15. The molecule has 1 aromatic heterocycles. The van der Waals surface area contributed by atoms with E-state index >= 15 is 0 Å². The van der Waals surface area contributed by atoms with Gasteiger partial charge in [0.05, 0.1) is 6.42 Å². The normalized spacial score (nSPS) is 11.4. The molecule has 0 radical (unpaired) electrons.